The van der Waals surface area contributed by atoms with E-state index in [0.717, 1.165) is 19.4 Å². The lowest BCUT2D eigenvalue weighted by atomic mass is 10.0. The molecular formula is C12H21NO. The van der Waals surface area contributed by atoms with Crippen LogP contribution in [0.2, 0.25) is 0 Å². The first-order valence-electron chi connectivity index (χ1n) is 5.96. The molecule has 0 radical (unpaired) electrons. The third kappa shape index (κ3) is 2.17. The van der Waals surface area contributed by atoms with E-state index in [1.54, 1.807) is 6.92 Å². The van der Waals surface area contributed by atoms with Gasteiger partial charge in [0.1, 0.15) is 5.78 Å². The number of rotatable bonds is 3. The van der Waals surface area contributed by atoms with E-state index in [1.807, 2.05) is 0 Å². The zero-order valence-corrected chi connectivity index (χ0v) is 9.22. The highest BCUT2D eigenvalue weighted by molar-refractivity contribution is 5.85. The topological polar surface area (TPSA) is 20.3 Å². The maximum absolute atomic E-state index is 11.5. The van der Waals surface area contributed by atoms with E-state index in [1.165, 1.54) is 38.8 Å². The van der Waals surface area contributed by atoms with Crippen molar-refractivity contribution in [1.29, 1.82) is 0 Å². The van der Waals surface area contributed by atoms with Crippen molar-refractivity contribution in [3.8, 4) is 0 Å². The highest BCUT2D eigenvalue weighted by Crippen LogP contribution is 2.47. The summed E-state index contributed by atoms with van der Waals surface area (Å²) >= 11 is 0. The van der Waals surface area contributed by atoms with E-state index in [-0.39, 0.29) is 5.41 Å². The molecule has 14 heavy (non-hydrogen) atoms. The first-order valence-corrected chi connectivity index (χ1v) is 5.96. The van der Waals surface area contributed by atoms with Gasteiger partial charge in [-0.2, -0.15) is 0 Å². The average molecular weight is 195 g/mol. The van der Waals surface area contributed by atoms with Crippen LogP contribution in [0.1, 0.15) is 45.4 Å². The second-order valence-electron chi connectivity index (χ2n) is 5.03. The average Bonchev–Trinajstić information content (AvgIpc) is 2.91. The second-order valence-corrected chi connectivity index (χ2v) is 5.03. The van der Waals surface area contributed by atoms with Gasteiger partial charge in [0.25, 0.3) is 0 Å². The first-order chi connectivity index (χ1) is 6.73. The Morgan fingerprint density at radius 3 is 2.14 bits per heavy atom. The maximum Gasteiger partial charge on any atom is 0.137 e. The monoisotopic (exact) mass is 195 g/mol. The SMILES string of the molecule is CC(=O)C1(CN2CCCCCC2)CC1. The Labute approximate surface area is 86.7 Å². The molecule has 2 nitrogen and oxygen atoms in total. The Kier molecular flexibility index (Phi) is 2.91. The Hall–Kier alpha value is -0.370. The molecule has 0 N–H and O–H groups in total. The summed E-state index contributed by atoms with van der Waals surface area (Å²) in [6, 6.07) is 0. The van der Waals surface area contributed by atoms with Crippen molar-refractivity contribution in [2.24, 2.45) is 5.41 Å². The van der Waals surface area contributed by atoms with E-state index >= 15 is 0 Å². The minimum absolute atomic E-state index is 0.0876. The highest BCUT2D eigenvalue weighted by atomic mass is 16.1. The zero-order valence-electron chi connectivity index (χ0n) is 9.22. The van der Waals surface area contributed by atoms with Crippen LogP contribution in [0.4, 0.5) is 0 Å². The second kappa shape index (κ2) is 4.01. The van der Waals surface area contributed by atoms with Crippen molar-refractivity contribution in [2.75, 3.05) is 19.6 Å². The fraction of sp³-hybridized carbons (Fsp3) is 0.917. The van der Waals surface area contributed by atoms with Crippen LogP contribution in [-0.2, 0) is 4.79 Å². The van der Waals surface area contributed by atoms with Crippen molar-refractivity contribution < 1.29 is 4.79 Å². The molecule has 1 saturated heterocycles. The molecule has 0 unspecified atom stereocenters. The molecule has 0 bridgehead atoms. The molecule has 0 aromatic rings. The van der Waals surface area contributed by atoms with E-state index in [4.69, 9.17) is 0 Å². The van der Waals surface area contributed by atoms with Crippen LogP contribution in [0.25, 0.3) is 0 Å². The molecule has 1 aliphatic heterocycles. The molecule has 2 heteroatoms. The Morgan fingerprint density at radius 2 is 1.71 bits per heavy atom. The summed E-state index contributed by atoms with van der Waals surface area (Å²) in [5.41, 5.74) is 0.0876. The molecule has 2 fully saturated rings. The number of nitrogens with zero attached hydrogens (tertiary/aromatic N) is 1. The summed E-state index contributed by atoms with van der Waals surface area (Å²) in [6.45, 7) is 5.25. The third-order valence-corrected chi connectivity index (χ3v) is 3.83. The van der Waals surface area contributed by atoms with Crippen LogP contribution in [0.15, 0.2) is 0 Å². The van der Waals surface area contributed by atoms with Crippen molar-refractivity contribution in [2.45, 2.75) is 45.4 Å². The van der Waals surface area contributed by atoms with Crippen molar-refractivity contribution in [3.63, 3.8) is 0 Å². The van der Waals surface area contributed by atoms with E-state index in [9.17, 15) is 4.79 Å². The van der Waals surface area contributed by atoms with E-state index in [2.05, 4.69) is 4.90 Å². The Morgan fingerprint density at radius 1 is 1.14 bits per heavy atom. The molecule has 1 heterocycles. The number of carbonyl (C=O) groups excluding carboxylic acids is 1. The summed E-state index contributed by atoms with van der Waals surface area (Å²) in [4.78, 5) is 14.0. The van der Waals surface area contributed by atoms with Gasteiger partial charge in [-0.15, -0.1) is 0 Å². The predicted molar refractivity (Wildman–Crippen MR) is 57.3 cm³/mol. The van der Waals surface area contributed by atoms with E-state index in [0.29, 0.717) is 5.78 Å². The highest BCUT2D eigenvalue weighted by Gasteiger charge is 2.47. The van der Waals surface area contributed by atoms with Gasteiger partial charge in [0, 0.05) is 12.0 Å². The number of likely N-dealkylation sites (tertiary alicyclic amines) is 1. The number of Topliss-reactive ketones (excluding diaryl/α,β-unsaturated/α-hetero) is 1. The standard InChI is InChI=1S/C12H21NO/c1-11(14)12(6-7-12)10-13-8-4-2-3-5-9-13/h2-10H2,1H3. The predicted octanol–water partition coefficient (Wildman–Crippen LogP) is 2.23. The molecule has 2 rings (SSSR count). The summed E-state index contributed by atoms with van der Waals surface area (Å²) in [5, 5.41) is 0. The van der Waals surface area contributed by atoms with Gasteiger partial charge in [0.15, 0.2) is 0 Å². The largest absolute Gasteiger partial charge is 0.302 e. The van der Waals surface area contributed by atoms with Gasteiger partial charge < -0.3 is 4.90 Å². The van der Waals surface area contributed by atoms with Gasteiger partial charge in [-0.3, -0.25) is 4.79 Å². The third-order valence-electron chi connectivity index (χ3n) is 3.83. The Balaban J connectivity index is 1.86. The molecule has 2 aliphatic rings. The number of hydrogen-bond donors (Lipinski definition) is 0. The van der Waals surface area contributed by atoms with Crippen LogP contribution >= 0.6 is 0 Å². The fourth-order valence-corrected chi connectivity index (χ4v) is 2.49. The van der Waals surface area contributed by atoms with Crippen molar-refractivity contribution in [3.05, 3.63) is 0 Å². The Bertz CT molecular complexity index is 212. The van der Waals surface area contributed by atoms with Crippen molar-refractivity contribution in [1.82, 2.24) is 4.90 Å². The lowest BCUT2D eigenvalue weighted by molar-refractivity contribution is -0.122. The van der Waals surface area contributed by atoms with Gasteiger partial charge in [-0.1, -0.05) is 12.8 Å². The van der Waals surface area contributed by atoms with Gasteiger partial charge in [-0.05, 0) is 45.7 Å². The molecule has 1 aliphatic carbocycles. The molecule has 1 saturated carbocycles. The summed E-state index contributed by atoms with van der Waals surface area (Å²) in [7, 11) is 0. The van der Waals surface area contributed by atoms with Gasteiger partial charge in [0.05, 0.1) is 0 Å². The smallest absolute Gasteiger partial charge is 0.137 e. The lowest BCUT2D eigenvalue weighted by Crippen LogP contribution is -2.34. The molecule has 0 aromatic carbocycles. The van der Waals surface area contributed by atoms with Crippen LogP contribution in [0.5, 0.6) is 0 Å². The van der Waals surface area contributed by atoms with Crippen LogP contribution in [-0.4, -0.2) is 30.3 Å². The number of hydrogen-bond acceptors (Lipinski definition) is 2. The molecule has 0 aromatic heterocycles. The van der Waals surface area contributed by atoms with Gasteiger partial charge >= 0.3 is 0 Å². The molecular weight excluding hydrogens is 174 g/mol. The number of ketones is 1. The summed E-state index contributed by atoms with van der Waals surface area (Å²) in [5.74, 6) is 0.418. The minimum Gasteiger partial charge on any atom is -0.302 e. The quantitative estimate of drug-likeness (QED) is 0.688. The first kappa shape index (κ1) is 10.2. The molecule has 80 valence electrons. The minimum atomic E-state index is 0.0876. The van der Waals surface area contributed by atoms with Crippen LogP contribution < -0.4 is 0 Å². The summed E-state index contributed by atoms with van der Waals surface area (Å²) in [6.07, 6.45) is 7.69. The fourth-order valence-electron chi connectivity index (χ4n) is 2.49. The lowest BCUT2D eigenvalue weighted by Gasteiger charge is -2.24. The molecule has 0 spiro atoms. The van der Waals surface area contributed by atoms with Crippen LogP contribution in [0.3, 0.4) is 0 Å². The number of carbonyl (C=O) groups is 1. The zero-order chi connectivity index (χ0) is 10.0. The van der Waals surface area contributed by atoms with Gasteiger partial charge in [0.2, 0.25) is 0 Å². The molecule has 0 atom stereocenters. The van der Waals surface area contributed by atoms with Crippen molar-refractivity contribution >= 4 is 5.78 Å². The van der Waals surface area contributed by atoms with Crippen LogP contribution in [0, 0.1) is 5.41 Å². The van der Waals surface area contributed by atoms with E-state index < -0.39 is 0 Å². The maximum atomic E-state index is 11.5. The van der Waals surface area contributed by atoms with Gasteiger partial charge in [-0.25, -0.2) is 0 Å². The summed E-state index contributed by atoms with van der Waals surface area (Å²) < 4.78 is 0. The normalized spacial score (nSPS) is 26.9. The molecule has 0 amide bonds.